The van der Waals surface area contributed by atoms with Gasteiger partial charge < -0.3 is 9.84 Å². The number of hydrogen-bond acceptors (Lipinski definition) is 3. The van der Waals surface area contributed by atoms with E-state index >= 15 is 0 Å². The number of amides is 1. The summed E-state index contributed by atoms with van der Waals surface area (Å²) in [5, 5.41) is 12.8. The Balaban J connectivity index is 2.07. The number of halogens is 2. The summed E-state index contributed by atoms with van der Waals surface area (Å²) in [4.78, 5) is 11.6. The molecule has 1 amide bonds. The zero-order chi connectivity index (χ0) is 13.8. The Hall–Kier alpha value is -1.91. The first kappa shape index (κ1) is 13.5. The van der Waals surface area contributed by atoms with Crippen LogP contribution in [0.2, 0.25) is 10.0 Å². The summed E-state index contributed by atoms with van der Waals surface area (Å²) in [5.74, 6) is 0.193. The van der Waals surface area contributed by atoms with Gasteiger partial charge in [0.2, 0.25) is 0 Å². The smallest absolute Gasteiger partial charge is 0.417 e. The lowest BCUT2D eigenvalue weighted by Gasteiger charge is -2.08. The van der Waals surface area contributed by atoms with Crippen molar-refractivity contribution in [2.24, 2.45) is 0 Å². The number of benzene rings is 2. The van der Waals surface area contributed by atoms with Crippen molar-refractivity contribution in [3.63, 3.8) is 0 Å². The Kier molecular flexibility index (Phi) is 4.14. The summed E-state index contributed by atoms with van der Waals surface area (Å²) in [6.07, 6.45) is -0.750. The van der Waals surface area contributed by atoms with E-state index in [0.29, 0.717) is 15.8 Å². The topological polar surface area (TPSA) is 58.6 Å². The molecule has 98 valence electrons. The summed E-state index contributed by atoms with van der Waals surface area (Å²) >= 11 is 11.5. The summed E-state index contributed by atoms with van der Waals surface area (Å²) in [7, 11) is 0. The minimum Gasteiger partial charge on any atom is -0.506 e. The van der Waals surface area contributed by atoms with Gasteiger partial charge in [-0.3, -0.25) is 5.32 Å². The fourth-order valence-corrected chi connectivity index (χ4v) is 1.73. The zero-order valence-electron chi connectivity index (χ0n) is 9.56. The number of phenols is 1. The van der Waals surface area contributed by atoms with Gasteiger partial charge in [-0.2, -0.15) is 0 Å². The second kappa shape index (κ2) is 5.82. The Morgan fingerprint density at radius 2 is 1.84 bits per heavy atom. The third kappa shape index (κ3) is 3.77. The van der Waals surface area contributed by atoms with E-state index in [1.165, 1.54) is 24.3 Å². The molecule has 0 unspecified atom stereocenters. The average Bonchev–Trinajstić information content (AvgIpc) is 2.34. The van der Waals surface area contributed by atoms with Gasteiger partial charge >= 0.3 is 6.09 Å². The van der Waals surface area contributed by atoms with Crippen LogP contribution in [0.4, 0.5) is 10.5 Å². The second-order valence-corrected chi connectivity index (χ2v) is 4.51. The number of aromatic hydroxyl groups is 1. The second-order valence-electron chi connectivity index (χ2n) is 3.63. The van der Waals surface area contributed by atoms with E-state index in [-0.39, 0.29) is 11.4 Å². The highest BCUT2D eigenvalue weighted by Crippen LogP contribution is 2.27. The molecule has 0 radical (unpaired) electrons. The van der Waals surface area contributed by atoms with Gasteiger partial charge in [-0.25, -0.2) is 4.79 Å². The van der Waals surface area contributed by atoms with Crippen molar-refractivity contribution in [1.82, 2.24) is 0 Å². The number of hydrogen-bond donors (Lipinski definition) is 2. The molecule has 19 heavy (non-hydrogen) atoms. The van der Waals surface area contributed by atoms with Crippen LogP contribution >= 0.6 is 23.2 Å². The fourth-order valence-electron chi connectivity index (χ4n) is 1.38. The molecule has 0 fully saturated rings. The van der Waals surface area contributed by atoms with Crippen LogP contribution in [0.1, 0.15) is 0 Å². The van der Waals surface area contributed by atoms with Crippen LogP contribution in [-0.4, -0.2) is 11.2 Å². The predicted molar refractivity (Wildman–Crippen MR) is 74.2 cm³/mol. The maximum atomic E-state index is 11.6. The number of anilines is 1. The van der Waals surface area contributed by atoms with E-state index in [1.807, 2.05) is 0 Å². The molecule has 0 bridgehead atoms. The average molecular weight is 298 g/mol. The van der Waals surface area contributed by atoms with Crippen LogP contribution in [0.3, 0.4) is 0 Å². The lowest BCUT2D eigenvalue weighted by Crippen LogP contribution is -2.16. The zero-order valence-corrected chi connectivity index (χ0v) is 11.1. The third-order valence-electron chi connectivity index (χ3n) is 2.20. The number of carbonyl (C=O) groups is 1. The van der Waals surface area contributed by atoms with Crippen LogP contribution in [-0.2, 0) is 0 Å². The van der Waals surface area contributed by atoms with Gasteiger partial charge in [0.1, 0.15) is 11.5 Å². The van der Waals surface area contributed by atoms with Gasteiger partial charge in [-0.1, -0.05) is 29.3 Å². The molecule has 2 aromatic carbocycles. The van der Waals surface area contributed by atoms with E-state index in [2.05, 4.69) is 5.32 Å². The highest BCUT2D eigenvalue weighted by atomic mass is 35.5. The first-order valence-electron chi connectivity index (χ1n) is 5.27. The minimum atomic E-state index is -0.750. The summed E-state index contributed by atoms with van der Waals surface area (Å²) in [6, 6.07) is 10.7. The fraction of sp³-hybridized carbons (Fsp3) is 0. The van der Waals surface area contributed by atoms with Crippen molar-refractivity contribution in [3.8, 4) is 11.5 Å². The monoisotopic (exact) mass is 297 g/mol. The Morgan fingerprint density at radius 1 is 1.11 bits per heavy atom. The summed E-state index contributed by atoms with van der Waals surface area (Å²) in [5.41, 5.74) is 0.166. The summed E-state index contributed by atoms with van der Waals surface area (Å²) in [6.45, 7) is 0. The van der Waals surface area contributed by atoms with Crippen molar-refractivity contribution in [2.75, 3.05) is 5.32 Å². The standard InChI is InChI=1S/C13H9Cl2NO3/c14-8-2-1-3-10(6-8)19-13(18)16-11-7-9(15)4-5-12(11)17/h1-7,17H,(H,16,18). The first-order valence-corrected chi connectivity index (χ1v) is 6.03. The molecule has 0 saturated carbocycles. The molecule has 0 aliphatic carbocycles. The van der Waals surface area contributed by atoms with E-state index in [1.54, 1.807) is 18.2 Å². The van der Waals surface area contributed by atoms with Crippen molar-refractivity contribution in [1.29, 1.82) is 0 Å². The molecule has 2 rings (SSSR count). The number of rotatable bonds is 2. The van der Waals surface area contributed by atoms with Gasteiger partial charge in [0.15, 0.2) is 0 Å². The van der Waals surface area contributed by atoms with Crippen LogP contribution in [0.15, 0.2) is 42.5 Å². The highest BCUT2D eigenvalue weighted by molar-refractivity contribution is 6.31. The quantitative estimate of drug-likeness (QED) is 0.812. The Bertz CT molecular complexity index is 617. The molecule has 0 aliphatic rings. The van der Waals surface area contributed by atoms with Crippen molar-refractivity contribution >= 4 is 35.0 Å². The van der Waals surface area contributed by atoms with Crippen LogP contribution < -0.4 is 10.1 Å². The normalized spacial score (nSPS) is 10.0. The number of nitrogens with one attached hydrogen (secondary N) is 1. The van der Waals surface area contributed by atoms with Crippen molar-refractivity contribution < 1.29 is 14.6 Å². The van der Waals surface area contributed by atoms with Crippen LogP contribution in [0.5, 0.6) is 11.5 Å². The molecule has 0 aromatic heterocycles. The van der Waals surface area contributed by atoms with Gasteiger partial charge in [0.25, 0.3) is 0 Å². The Morgan fingerprint density at radius 3 is 2.58 bits per heavy atom. The summed E-state index contributed by atoms with van der Waals surface area (Å²) < 4.78 is 5.01. The van der Waals surface area contributed by atoms with Crippen molar-refractivity contribution in [2.45, 2.75) is 0 Å². The molecule has 4 nitrogen and oxygen atoms in total. The van der Waals surface area contributed by atoms with Crippen molar-refractivity contribution in [3.05, 3.63) is 52.5 Å². The van der Waals surface area contributed by atoms with E-state index < -0.39 is 6.09 Å². The molecule has 0 heterocycles. The number of phenolic OH excluding ortho intramolecular Hbond substituents is 1. The molecular formula is C13H9Cl2NO3. The molecule has 0 atom stereocenters. The maximum Gasteiger partial charge on any atom is 0.417 e. The lowest BCUT2D eigenvalue weighted by atomic mass is 10.3. The molecule has 6 heteroatoms. The van der Waals surface area contributed by atoms with E-state index in [9.17, 15) is 9.90 Å². The molecular weight excluding hydrogens is 289 g/mol. The largest absolute Gasteiger partial charge is 0.506 e. The van der Waals surface area contributed by atoms with E-state index in [4.69, 9.17) is 27.9 Å². The molecule has 0 saturated heterocycles. The van der Waals surface area contributed by atoms with Gasteiger partial charge in [0, 0.05) is 10.0 Å². The number of carbonyl (C=O) groups excluding carboxylic acids is 1. The highest BCUT2D eigenvalue weighted by Gasteiger charge is 2.09. The predicted octanol–water partition coefficient (Wildman–Crippen LogP) is 4.31. The molecule has 2 N–H and O–H groups in total. The third-order valence-corrected chi connectivity index (χ3v) is 2.67. The van der Waals surface area contributed by atoms with Crippen LogP contribution in [0, 0.1) is 0 Å². The van der Waals surface area contributed by atoms with Gasteiger partial charge in [0.05, 0.1) is 5.69 Å². The SMILES string of the molecule is O=C(Nc1cc(Cl)ccc1O)Oc1cccc(Cl)c1. The maximum absolute atomic E-state index is 11.6. The van der Waals surface area contributed by atoms with Crippen LogP contribution in [0.25, 0.3) is 0 Å². The number of ether oxygens (including phenoxy) is 1. The first-order chi connectivity index (χ1) is 9.04. The molecule has 0 spiro atoms. The Labute approximate surface area is 119 Å². The molecule has 0 aliphatic heterocycles. The van der Waals surface area contributed by atoms with Gasteiger partial charge in [-0.15, -0.1) is 0 Å². The van der Waals surface area contributed by atoms with Gasteiger partial charge in [-0.05, 0) is 36.4 Å². The lowest BCUT2D eigenvalue weighted by molar-refractivity contribution is 0.215. The minimum absolute atomic E-state index is 0.104. The molecule has 2 aromatic rings. The van der Waals surface area contributed by atoms with E-state index in [0.717, 1.165) is 0 Å².